The van der Waals surface area contributed by atoms with Crippen LogP contribution in [0.15, 0.2) is 0 Å². The highest BCUT2D eigenvalue weighted by Crippen LogP contribution is 2.28. The molecule has 2 aliphatic rings. The van der Waals surface area contributed by atoms with E-state index in [1.165, 1.54) is 44.9 Å². The highest BCUT2D eigenvalue weighted by molar-refractivity contribution is 5.85. The smallest absolute Gasteiger partial charge is 0.222 e. The van der Waals surface area contributed by atoms with Gasteiger partial charge in [0.2, 0.25) is 5.91 Å². The lowest BCUT2D eigenvalue weighted by Crippen LogP contribution is -2.40. The Labute approximate surface area is 130 Å². The third-order valence-electron chi connectivity index (χ3n) is 4.94. The molecule has 0 aromatic rings. The van der Waals surface area contributed by atoms with Gasteiger partial charge < -0.3 is 10.6 Å². The fourth-order valence-corrected chi connectivity index (χ4v) is 3.72. The standard InChI is InChI=1S/C16H30N2O.ClH/c17-11-10-15-7-4-12-18(13-15)16(19)9-8-14-5-2-1-3-6-14;/h14-15H,1-13,17H2;1H. The van der Waals surface area contributed by atoms with Crippen LogP contribution in [0.3, 0.4) is 0 Å². The molecule has 2 rings (SSSR count). The maximum atomic E-state index is 12.3. The number of piperidine rings is 1. The highest BCUT2D eigenvalue weighted by atomic mass is 35.5. The number of hydrogen-bond donors (Lipinski definition) is 1. The van der Waals surface area contributed by atoms with E-state index in [1.807, 2.05) is 0 Å². The van der Waals surface area contributed by atoms with Crippen molar-refractivity contribution in [3.63, 3.8) is 0 Å². The summed E-state index contributed by atoms with van der Waals surface area (Å²) in [5.74, 6) is 1.87. The topological polar surface area (TPSA) is 46.3 Å². The highest BCUT2D eigenvalue weighted by Gasteiger charge is 2.23. The summed E-state index contributed by atoms with van der Waals surface area (Å²) in [6.45, 7) is 2.69. The maximum Gasteiger partial charge on any atom is 0.222 e. The number of nitrogens with two attached hydrogens (primary N) is 1. The summed E-state index contributed by atoms with van der Waals surface area (Å²) >= 11 is 0. The molecule has 2 fully saturated rings. The Morgan fingerprint density at radius 3 is 2.40 bits per heavy atom. The molecular formula is C16H31ClN2O. The van der Waals surface area contributed by atoms with E-state index in [9.17, 15) is 4.79 Å². The van der Waals surface area contributed by atoms with Gasteiger partial charge >= 0.3 is 0 Å². The van der Waals surface area contributed by atoms with E-state index < -0.39 is 0 Å². The minimum absolute atomic E-state index is 0. The van der Waals surface area contributed by atoms with Gasteiger partial charge in [-0.2, -0.15) is 0 Å². The molecular weight excluding hydrogens is 272 g/mol. The largest absolute Gasteiger partial charge is 0.342 e. The van der Waals surface area contributed by atoms with E-state index in [4.69, 9.17) is 5.73 Å². The molecule has 0 radical (unpaired) electrons. The second-order valence-electron chi connectivity index (χ2n) is 6.47. The van der Waals surface area contributed by atoms with E-state index in [1.54, 1.807) is 0 Å². The van der Waals surface area contributed by atoms with E-state index in [0.29, 0.717) is 11.8 Å². The predicted molar refractivity (Wildman–Crippen MR) is 86.0 cm³/mol. The number of amides is 1. The van der Waals surface area contributed by atoms with Crippen molar-refractivity contribution in [1.29, 1.82) is 0 Å². The van der Waals surface area contributed by atoms with Gasteiger partial charge in [0.1, 0.15) is 0 Å². The van der Waals surface area contributed by atoms with Crippen LogP contribution < -0.4 is 5.73 Å². The maximum absolute atomic E-state index is 12.3. The summed E-state index contributed by atoms with van der Waals surface area (Å²) in [6, 6.07) is 0. The number of rotatable bonds is 5. The normalized spacial score (nSPS) is 24.2. The molecule has 1 unspecified atom stereocenters. The van der Waals surface area contributed by atoms with Gasteiger partial charge in [0.25, 0.3) is 0 Å². The zero-order valence-corrected chi connectivity index (χ0v) is 13.5. The molecule has 1 aliphatic carbocycles. The van der Waals surface area contributed by atoms with Gasteiger partial charge in [-0.05, 0) is 44.1 Å². The molecule has 20 heavy (non-hydrogen) atoms. The van der Waals surface area contributed by atoms with Crippen LogP contribution >= 0.6 is 12.4 Å². The number of hydrogen-bond acceptors (Lipinski definition) is 2. The first-order valence-corrected chi connectivity index (χ1v) is 8.27. The lowest BCUT2D eigenvalue weighted by molar-refractivity contribution is -0.133. The SMILES string of the molecule is Cl.NCCC1CCCN(C(=O)CCC2CCCCC2)C1. The van der Waals surface area contributed by atoms with Gasteiger partial charge in [-0.3, -0.25) is 4.79 Å². The average molecular weight is 303 g/mol. The van der Waals surface area contributed by atoms with Crippen LogP contribution in [-0.4, -0.2) is 30.4 Å². The quantitative estimate of drug-likeness (QED) is 0.846. The summed E-state index contributed by atoms with van der Waals surface area (Å²) in [6.07, 6.45) is 12.2. The molecule has 2 N–H and O–H groups in total. The lowest BCUT2D eigenvalue weighted by atomic mass is 9.86. The average Bonchev–Trinajstić information content (AvgIpc) is 2.46. The minimum atomic E-state index is 0. The summed E-state index contributed by atoms with van der Waals surface area (Å²) in [7, 11) is 0. The number of likely N-dealkylation sites (tertiary alicyclic amines) is 1. The van der Waals surface area contributed by atoms with Crippen molar-refractivity contribution in [3.05, 3.63) is 0 Å². The van der Waals surface area contributed by atoms with Crippen molar-refractivity contribution >= 4 is 18.3 Å². The van der Waals surface area contributed by atoms with E-state index in [-0.39, 0.29) is 12.4 Å². The van der Waals surface area contributed by atoms with Gasteiger partial charge in [-0.1, -0.05) is 32.1 Å². The van der Waals surface area contributed by atoms with Crippen molar-refractivity contribution in [2.45, 2.75) is 64.2 Å². The second kappa shape index (κ2) is 9.62. The number of carbonyl (C=O) groups excluding carboxylic acids is 1. The molecule has 1 amide bonds. The summed E-state index contributed by atoms with van der Waals surface area (Å²) in [5.41, 5.74) is 5.63. The lowest BCUT2D eigenvalue weighted by Gasteiger charge is -2.33. The minimum Gasteiger partial charge on any atom is -0.342 e. The number of nitrogens with zero attached hydrogens (tertiary/aromatic N) is 1. The Hall–Kier alpha value is -0.280. The van der Waals surface area contributed by atoms with Crippen LogP contribution in [0, 0.1) is 11.8 Å². The molecule has 0 spiro atoms. The molecule has 0 aromatic heterocycles. The molecule has 1 aliphatic heterocycles. The second-order valence-corrected chi connectivity index (χ2v) is 6.47. The summed E-state index contributed by atoms with van der Waals surface area (Å²) < 4.78 is 0. The van der Waals surface area contributed by atoms with Crippen LogP contribution in [0.5, 0.6) is 0 Å². The molecule has 4 heteroatoms. The van der Waals surface area contributed by atoms with Crippen LogP contribution in [0.25, 0.3) is 0 Å². The molecule has 1 saturated carbocycles. The first kappa shape index (κ1) is 17.8. The van der Waals surface area contributed by atoms with Crippen molar-refractivity contribution in [2.24, 2.45) is 17.6 Å². The Bertz CT molecular complexity index is 278. The Morgan fingerprint density at radius 1 is 1.00 bits per heavy atom. The number of halogens is 1. The predicted octanol–water partition coefficient (Wildman–Crippen LogP) is 3.36. The van der Waals surface area contributed by atoms with Gasteiger partial charge in [0.05, 0.1) is 0 Å². The van der Waals surface area contributed by atoms with E-state index >= 15 is 0 Å². The van der Waals surface area contributed by atoms with Crippen LogP contribution in [-0.2, 0) is 4.79 Å². The van der Waals surface area contributed by atoms with Crippen molar-refractivity contribution in [1.82, 2.24) is 4.90 Å². The first-order chi connectivity index (χ1) is 9.29. The zero-order valence-electron chi connectivity index (χ0n) is 12.7. The van der Waals surface area contributed by atoms with Crippen molar-refractivity contribution < 1.29 is 4.79 Å². The fourth-order valence-electron chi connectivity index (χ4n) is 3.72. The van der Waals surface area contributed by atoms with Crippen molar-refractivity contribution in [2.75, 3.05) is 19.6 Å². The molecule has 0 bridgehead atoms. The van der Waals surface area contributed by atoms with Gasteiger partial charge in [-0.15, -0.1) is 12.4 Å². The van der Waals surface area contributed by atoms with Gasteiger partial charge in [-0.25, -0.2) is 0 Å². The Morgan fingerprint density at radius 2 is 1.70 bits per heavy atom. The summed E-state index contributed by atoms with van der Waals surface area (Å²) in [5, 5.41) is 0. The molecule has 3 nitrogen and oxygen atoms in total. The molecule has 1 atom stereocenters. The van der Waals surface area contributed by atoms with Gasteiger partial charge in [0.15, 0.2) is 0 Å². The molecule has 118 valence electrons. The van der Waals surface area contributed by atoms with Gasteiger partial charge in [0, 0.05) is 19.5 Å². The van der Waals surface area contributed by atoms with Crippen LogP contribution in [0.2, 0.25) is 0 Å². The van der Waals surface area contributed by atoms with Crippen LogP contribution in [0.4, 0.5) is 0 Å². The Balaban J connectivity index is 0.00000200. The molecule has 1 saturated heterocycles. The molecule has 0 aromatic carbocycles. The van der Waals surface area contributed by atoms with Crippen LogP contribution in [0.1, 0.15) is 64.2 Å². The number of carbonyl (C=O) groups is 1. The summed E-state index contributed by atoms with van der Waals surface area (Å²) in [4.78, 5) is 14.4. The zero-order chi connectivity index (χ0) is 13.5. The van der Waals surface area contributed by atoms with E-state index in [2.05, 4.69) is 4.90 Å². The monoisotopic (exact) mass is 302 g/mol. The third kappa shape index (κ3) is 5.61. The first-order valence-electron chi connectivity index (χ1n) is 8.27. The third-order valence-corrected chi connectivity index (χ3v) is 4.94. The van der Waals surface area contributed by atoms with Crippen molar-refractivity contribution in [3.8, 4) is 0 Å². The van der Waals surface area contributed by atoms with E-state index in [0.717, 1.165) is 44.8 Å². The fraction of sp³-hybridized carbons (Fsp3) is 0.938. The Kier molecular flexibility index (Phi) is 8.55. The molecule has 1 heterocycles.